The predicted molar refractivity (Wildman–Crippen MR) is 55.0 cm³/mol. The lowest BCUT2D eigenvalue weighted by Crippen LogP contribution is -2.34. The van der Waals surface area contributed by atoms with Gasteiger partial charge in [0.2, 0.25) is 0 Å². The predicted octanol–water partition coefficient (Wildman–Crippen LogP) is 1.42. The van der Waals surface area contributed by atoms with Gasteiger partial charge in [0, 0.05) is 13.1 Å². The summed E-state index contributed by atoms with van der Waals surface area (Å²) in [5.74, 6) is -2.82. The van der Waals surface area contributed by atoms with E-state index in [2.05, 4.69) is 0 Å². The van der Waals surface area contributed by atoms with E-state index in [-0.39, 0.29) is 18.7 Å². The van der Waals surface area contributed by atoms with Crippen LogP contribution in [0.3, 0.4) is 0 Å². The van der Waals surface area contributed by atoms with E-state index >= 15 is 0 Å². The number of likely N-dealkylation sites (N-methyl/N-ethyl adjacent to an activating group) is 1. The Kier molecular flexibility index (Phi) is 4.37. The second-order valence-electron chi connectivity index (χ2n) is 3.21. The van der Waals surface area contributed by atoms with Gasteiger partial charge in [0.05, 0.1) is 12.2 Å². The Labute approximate surface area is 92.3 Å². The Morgan fingerprint density at radius 2 is 2.12 bits per heavy atom. The Hall–Kier alpha value is -1.49. The monoisotopic (exact) mass is 229 g/mol. The summed E-state index contributed by atoms with van der Waals surface area (Å²) in [5.41, 5.74) is -0.310. The minimum absolute atomic E-state index is 0.102. The summed E-state index contributed by atoms with van der Waals surface area (Å²) in [6.45, 7) is 1.92. The number of carbonyl (C=O) groups is 1. The molecule has 1 N–H and O–H groups in total. The quantitative estimate of drug-likeness (QED) is 0.848. The van der Waals surface area contributed by atoms with Crippen LogP contribution in [0, 0.1) is 11.6 Å². The number of carbonyl (C=O) groups excluding carboxylic acids is 1. The van der Waals surface area contributed by atoms with Gasteiger partial charge in [-0.2, -0.15) is 0 Å². The van der Waals surface area contributed by atoms with Gasteiger partial charge in [-0.15, -0.1) is 0 Å². The van der Waals surface area contributed by atoms with Gasteiger partial charge >= 0.3 is 0 Å². The van der Waals surface area contributed by atoms with Gasteiger partial charge in [-0.05, 0) is 19.1 Å². The number of hydrogen-bond acceptors (Lipinski definition) is 2. The molecule has 0 atom stereocenters. The Morgan fingerprint density at radius 1 is 1.44 bits per heavy atom. The molecule has 1 aromatic rings. The molecule has 1 rings (SSSR count). The fraction of sp³-hybridized carbons (Fsp3) is 0.364. The number of aliphatic hydroxyl groups excluding tert-OH is 1. The van der Waals surface area contributed by atoms with Crippen molar-refractivity contribution in [2.75, 3.05) is 19.7 Å². The molecule has 16 heavy (non-hydrogen) atoms. The molecule has 0 aliphatic heterocycles. The van der Waals surface area contributed by atoms with Crippen molar-refractivity contribution in [1.29, 1.82) is 0 Å². The topological polar surface area (TPSA) is 40.5 Å². The van der Waals surface area contributed by atoms with Crippen molar-refractivity contribution in [2.24, 2.45) is 0 Å². The third kappa shape index (κ3) is 2.55. The minimum Gasteiger partial charge on any atom is -0.395 e. The molecule has 0 bridgehead atoms. The smallest absolute Gasteiger partial charge is 0.257 e. The van der Waals surface area contributed by atoms with Crippen molar-refractivity contribution >= 4 is 5.91 Å². The SMILES string of the molecule is CCN(CCO)C(=O)c1cccc(F)c1F. The molecular formula is C11H13F2NO2. The summed E-state index contributed by atoms with van der Waals surface area (Å²) >= 11 is 0. The molecule has 5 heteroatoms. The average Bonchev–Trinajstić information content (AvgIpc) is 2.29. The molecule has 0 aliphatic carbocycles. The van der Waals surface area contributed by atoms with E-state index in [0.29, 0.717) is 6.54 Å². The van der Waals surface area contributed by atoms with Crippen molar-refractivity contribution in [1.82, 2.24) is 4.90 Å². The maximum atomic E-state index is 13.3. The summed E-state index contributed by atoms with van der Waals surface area (Å²) in [7, 11) is 0. The van der Waals surface area contributed by atoms with Crippen LogP contribution in [0.4, 0.5) is 8.78 Å². The van der Waals surface area contributed by atoms with Gasteiger partial charge in [0.15, 0.2) is 11.6 Å². The summed E-state index contributed by atoms with van der Waals surface area (Å²) in [5, 5.41) is 8.73. The minimum atomic E-state index is -1.15. The zero-order valence-corrected chi connectivity index (χ0v) is 8.91. The van der Waals surface area contributed by atoms with Crippen LogP contribution in [-0.2, 0) is 0 Å². The molecule has 0 saturated carbocycles. The molecule has 1 aromatic carbocycles. The number of benzene rings is 1. The molecule has 3 nitrogen and oxygen atoms in total. The first kappa shape index (κ1) is 12.6. The summed E-state index contributed by atoms with van der Waals surface area (Å²) in [4.78, 5) is 13.0. The number of aliphatic hydroxyl groups is 1. The number of rotatable bonds is 4. The number of amides is 1. The molecular weight excluding hydrogens is 216 g/mol. The van der Waals surface area contributed by atoms with E-state index in [1.807, 2.05) is 0 Å². The van der Waals surface area contributed by atoms with Gasteiger partial charge in [0.25, 0.3) is 5.91 Å². The molecule has 0 fully saturated rings. The normalized spacial score (nSPS) is 10.2. The highest BCUT2D eigenvalue weighted by atomic mass is 19.2. The average molecular weight is 229 g/mol. The van der Waals surface area contributed by atoms with E-state index in [0.717, 1.165) is 6.07 Å². The molecule has 1 amide bonds. The number of nitrogens with zero attached hydrogens (tertiary/aromatic N) is 1. The van der Waals surface area contributed by atoms with Crippen LogP contribution in [0.15, 0.2) is 18.2 Å². The molecule has 0 saturated heterocycles. The summed E-state index contributed by atoms with van der Waals surface area (Å²) in [6, 6.07) is 3.45. The highest BCUT2D eigenvalue weighted by molar-refractivity contribution is 5.94. The van der Waals surface area contributed by atoms with Gasteiger partial charge in [-0.1, -0.05) is 6.07 Å². The second-order valence-corrected chi connectivity index (χ2v) is 3.21. The largest absolute Gasteiger partial charge is 0.395 e. The van der Waals surface area contributed by atoms with Crippen LogP contribution < -0.4 is 0 Å². The second kappa shape index (κ2) is 5.55. The fourth-order valence-electron chi connectivity index (χ4n) is 1.36. The molecule has 0 unspecified atom stereocenters. The van der Waals surface area contributed by atoms with Gasteiger partial charge in [0.1, 0.15) is 0 Å². The fourth-order valence-corrected chi connectivity index (χ4v) is 1.36. The Balaban J connectivity index is 2.99. The van der Waals surface area contributed by atoms with Crippen LogP contribution in [0.5, 0.6) is 0 Å². The molecule has 0 spiro atoms. The van der Waals surface area contributed by atoms with Crippen LogP contribution >= 0.6 is 0 Å². The third-order valence-electron chi connectivity index (χ3n) is 2.22. The van der Waals surface area contributed by atoms with Crippen LogP contribution in [0.25, 0.3) is 0 Å². The van der Waals surface area contributed by atoms with Crippen molar-refractivity contribution in [3.8, 4) is 0 Å². The molecule has 0 radical (unpaired) electrons. The first-order valence-corrected chi connectivity index (χ1v) is 4.96. The van der Waals surface area contributed by atoms with E-state index in [1.165, 1.54) is 17.0 Å². The zero-order valence-electron chi connectivity index (χ0n) is 8.91. The maximum Gasteiger partial charge on any atom is 0.257 e. The molecule has 0 aliphatic rings. The van der Waals surface area contributed by atoms with Crippen molar-refractivity contribution in [3.05, 3.63) is 35.4 Å². The van der Waals surface area contributed by atoms with E-state index < -0.39 is 17.5 Å². The summed E-state index contributed by atoms with van der Waals surface area (Å²) < 4.78 is 26.2. The lowest BCUT2D eigenvalue weighted by Gasteiger charge is -2.19. The molecule has 0 heterocycles. The highest BCUT2D eigenvalue weighted by Crippen LogP contribution is 2.13. The zero-order chi connectivity index (χ0) is 12.1. The first-order valence-electron chi connectivity index (χ1n) is 4.96. The lowest BCUT2D eigenvalue weighted by atomic mass is 10.1. The maximum absolute atomic E-state index is 13.3. The van der Waals surface area contributed by atoms with Crippen LogP contribution in [-0.4, -0.2) is 35.6 Å². The molecule has 0 aromatic heterocycles. The van der Waals surface area contributed by atoms with Gasteiger partial charge in [-0.3, -0.25) is 4.79 Å². The van der Waals surface area contributed by atoms with Gasteiger partial charge in [-0.25, -0.2) is 8.78 Å². The van der Waals surface area contributed by atoms with Crippen molar-refractivity contribution in [2.45, 2.75) is 6.92 Å². The van der Waals surface area contributed by atoms with Crippen molar-refractivity contribution < 1.29 is 18.7 Å². The standard InChI is InChI=1S/C11H13F2NO2/c1-2-14(6-7-15)11(16)8-4-3-5-9(12)10(8)13/h3-5,15H,2,6-7H2,1H3. The Bertz CT molecular complexity index is 382. The third-order valence-corrected chi connectivity index (χ3v) is 2.22. The van der Waals surface area contributed by atoms with E-state index in [4.69, 9.17) is 5.11 Å². The molecule has 88 valence electrons. The van der Waals surface area contributed by atoms with Gasteiger partial charge < -0.3 is 10.0 Å². The van der Waals surface area contributed by atoms with E-state index in [1.54, 1.807) is 6.92 Å². The van der Waals surface area contributed by atoms with Crippen LogP contribution in [0.2, 0.25) is 0 Å². The lowest BCUT2D eigenvalue weighted by molar-refractivity contribution is 0.0726. The highest BCUT2D eigenvalue weighted by Gasteiger charge is 2.19. The van der Waals surface area contributed by atoms with E-state index in [9.17, 15) is 13.6 Å². The number of halogens is 2. The Morgan fingerprint density at radius 3 is 2.69 bits per heavy atom. The van der Waals surface area contributed by atoms with Crippen molar-refractivity contribution in [3.63, 3.8) is 0 Å². The number of hydrogen-bond donors (Lipinski definition) is 1. The van der Waals surface area contributed by atoms with Crippen LogP contribution in [0.1, 0.15) is 17.3 Å². The summed E-state index contributed by atoms with van der Waals surface area (Å²) in [6.07, 6.45) is 0. The first-order chi connectivity index (χ1) is 7.61.